The number of aryl methyl sites for hydroxylation is 1. The molecule has 1 aromatic heterocycles. The molecular weight excluding hydrogens is 248 g/mol. The van der Waals surface area contributed by atoms with E-state index in [4.69, 9.17) is 10.5 Å². The third kappa shape index (κ3) is 1.82. The number of nitrogens with two attached hydrogens (primary N) is 1. The fraction of sp³-hybridized carbons (Fsp3) is 0.615. The molecule has 18 heavy (non-hydrogen) atoms. The fourth-order valence-electron chi connectivity index (χ4n) is 2.85. The summed E-state index contributed by atoms with van der Waals surface area (Å²) in [5.74, 6) is 0.565. The number of fused-ring (bicyclic) bond motifs is 1. The average Bonchev–Trinajstić information content (AvgIpc) is 2.89. The normalized spacial score (nSPS) is 23.2. The predicted molar refractivity (Wildman–Crippen MR) is 72.2 cm³/mol. The number of rotatable bonds is 1. The first kappa shape index (κ1) is 12.0. The zero-order valence-corrected chi connectivity index (χ0v) is 11.4. The van der Waals surface area contributed by atoms with Crippen LogP contribution in [-0.2, 0) is 11.2 Å². The first-order chi connectivity index (χ1) is 8.68. The van der Waals surface area contributed by atoms with Gasteiger partial charge in [-0.05, 0) is 24.3 Å². The van der Waals surface area contributed by atoms with Gasteiger partial charge in [0.25, 0.3) is 5.91 Å². The molecule has 4 nitrogen and oxygen atoms in total. The van der Waals surface area contributed by atoms with Crippen LogP contribution in [0, 0.1) is 0 Å². The number of morpholine rings is 1. The Kier molecular flexibility index (Phi) is 3.03. The Balaban J connectivity index is 1.94. The number of thiophene rings is 1. The number of carbonyl (C=O) groups is 1. The summed E-state index contributed by atoms with van der Waals surface area (Å²) >= 11 is 1.60. The molecule has 2 N–H and O–H groups in total. The van der Waals surface area contributed by atoms with Crippen LogP contribution in [0.15, 0.2) is 0 Å². The number of nitrogens with zero attached hydrogens (tertiary/aromatic N) is 1. The van der Waals surface area contributed by atoms with Crippen LogP contribution in [0.25, 0.3) is 0 Å². The minimum Gasteiger partial charge on any atom is -0.390 e. The van der Waals surface area contributed by atoms with E-state index in [1.807, 2.05) is 4.90 Å². The van der Waals surface area contributed by atoms with Gasteiger partial charge in [-0.2, -0.15) is 0 Å². The van der Waals surface area contributed by atoms with Crippen molar-refractivity contribution >= 4 is 22.2 Å². The van der Waals surface area contributed by atoms with E-state index in [1.54, 1.807) is 11.3 Å². The number of amides is 1. The molecule has 1 aliphatic carbocycles. The summed E-state index contributed by atoms with van der Waals surface area (Å²) in [6.07, 6.45) is 2.21. The molecule has 1 saturated heterocycles. The van der Waals surface area contributed by atoms with Crippen LogP contribution < -0.4 is 5.73 Å². The Morgan fingerprint density at radius 2 is 2.17 bits per heavy atom. The number of nitrogen functional groups attached to an aromatic ring is 1. The van der Waals surface area contributed by atoms with Gasteiger partial charge in [-0.25, -0.2) is 0 Å². The molecule has 5 heteroatoms. The van der Waals surface area contributed by atoms with Crippen LogP contribution >= 0.6 is 11.3 Å². The van der Waals surface area contributed by atoms with Crippen LogP contribution in [0.5, 0.6) is 0 Å². The fourth-order valence-corrected chi connectivity index (χ4v) is 4.05. The molecule has 0 aromatic carbocycles. The van der Waals surface area contributed by atoms with E-state index in [-0.39, 0.29) is 5.91 Å². The average molecular weight is 266 g/mol. The number of hydrogen-bond donors (Lipinski definition) is 1. The molecule has 0 radical (unpaired) electrons. The van der Waals surface area contributed by atoms with E-state index in [1.165, 1.54) is 10.4 Å². The highest BCUT2D eigenvalue weighted by atomic mass is 32.1. The SMILES string of the molecule is CC1CCc2sc(N)c(C(=O)N3CCOCC3)c21. The molecule has 1 amide bonds. The highest BCUT2D eigenvalue weighted by Gasteiger charge is 2.32. The van der Waals surface area contributed by atoms with Gasteiger partial charge in [-0.1, -0.05) is 6.92 Å². The first-order valence-electron chi connectivity index (χ1n) is 6.46. The van der Waals surface area contributed by atoms with Gasteiger partial charge in [0, 0.05) is 18.0 Å². The van der Waals surface area contributed by atoms with Crippen LogP contribution in [0.1, 0.15) is 40.1 Å². The van der Waals surface area contributed by atoms with Crippen LogP contribution in [0.2, 0.25) is 0 Å². The van der Waals surface area contributed by atoms with Crippen molar-refractivity contribution in [2.24, 2.45) is 0 Å². The molecule has 2 aliphatic rings. The highest BCUT2D eigenvalue weighted by molar-refractivity contribution is 7.16. The molecule has 1 aliphatic heterocycles. The van der Waals surface area contributed by atoms with Crippen LogP contribution in [-0.4, -0.2) is 37.1 Å². The van der Waals surface area contributed by atoms with E-state index in [0.717, 1.165) is 18.4 Å². The lowest BCUT2D eigenvalue weighted by Gasteiger charge is -2.27. The molecular formula is C13H18N2O2S. The lowest BCUT2D eigenvalue weighted by Crippen LogP contribution is -2.41. The van der Waals surface area contributed by atoms with E-state index in [9.17, 15) is 4.79 Å². The lowest BCUT2D eigenvalue weighted by molar-refractivity contribution is 0.0303. The smallest absolute Gasteiger partial charge is 0.257 e. The first-order valence-corrected chi connectivity index (χ1v) is 7.28. The standard InChI is InChI=1S/C13H18N2O2S/c1-8-2-3-9-10(8)11(12(14)18-9)13(16)15-4-6-17-7-5-15/h8H,2-7,14H2,1H3. The van der Waals surface area contributed by atoms with Crippen molar-refractivity contribution in [2.75, 3.05) is 32.0 Å². The largest absolute Gasteiger partial charge is 0.390 e. The second-order valence-electron chi connectivity index (χ2n) is 5.02. The van der Waals surface area contributed by atoms with E-state index in [0.29, 0.717) is 37.2 Å². The molecule has 0 saturated carbocycles. The van der Waals surface area contributed by atoms with E-state index in [2.05, 4.69) is 6.92 Å². The summed E-state index contributed by atoms with van der Waals surface area (Å²) in [6, 6.07) is 0. The Morgan fingerprint density at radius 3 is 2.89 bits per heavy atom. The molecule has 98 valence electrons. The van der Waals surface area contributed by atoms with Crippen LogP contribution in [0.3, 0.4) is 0 Å². The van der Waals surface area contributed by atoms with Gasteiger partial charge in [0.05, 0.1) is 23.8 Å². The van der Waals surface area contributed by atoms with Gasteiger partial charge in [0.2, 0.25) is 0 Å². The van der Waals surface area contributed by atoms with Crippen molar-refractivity contribution in [3.63, 3.8) is 0 Å². The maximum atomic E-state index is 12.6. The Morgan fingerprint density at radius 1 is 1.44 bits per heavy atom. The van der Waals surface area contributed by atoms with Gasteiger partial charge < -0.3 is 15.4 Å². The summed E-state index contributed by atoms with van der Waals surface area (Å²) in [5.41, 5.74) is 8.06. The monoisotopic (exact) mass is 266 g/mol. The van der Waals surface area contributed by atoms with Gasteiger partial charge in [0.15, 0.2) is 0 Å². The summed E-state index contributed by atoms with van der Waals surface area (Å²) in [7, 11) is 0. The van der Waals surface area contributed by atoms with Gasteiger partial charge in [0.1, 0.15) is 0 Å². The highest BCUT2D eigenvalue weighted by Crippen LogP contribution is 2.44. The maximum absolute atomic E-state index is 12.6. The van der Waals surface area contributed by atoms with Crippen LogP contribution in [0.4, 0.5) is 5.00 Å². The minimum atomic E-state index is 0.0991. The summed E-state index contributed by atoms with van der Waals surface area (Å²) in [6.45, 7) is 4.81. The second kappa shape index (κ2) is 4.55. The topological polar surface area (TPSA) is 55.6 Å². The lowest BCUT2D eigenvalue weighted by atomic mass is 10.0. The summed E-state index contributed by atoms with van der Waals surface area (Å²) in [5, 5.41) is 0.697. The number of hydrogen-bond acceptors (Lipinski definition) is 4. The van der Waals surface area contributed by atoms with Gasteiger partial charge >= 0.3 is 0 Å². The van der Waals surface area contributed by atoms with Gasteiger partial charge in [-0.15, -0.1) is 11.3 Å². The number of ether oxygens (including phenoxy) is 1. The molecule has 1 fully saturated rings. The van der Waals surface area contributed by atoms with E-state index < -0.39 is 0 Å². The zero-order chi connectivity index (χ0) is 12.7. The minimum absolute atomic E-state index is 0.0991. The summed E-state index contributed by atoms with van der Waals surface area (Å²) < 4.78 is 5.29. The second-order valence-corrected chi connectivity index (χ2v) is 6.16. The van der Waals surface area contributed by atoms with Crippen molar-refractivity contribution in [1.82, 2.24) is 4.90 Å². The molecule has 0 spiro atoms. The van der Waals surface area contributed by atoms with Crippen molar-refractivity contribution < 1.29 is 9.53 Å². The molecule has 2 heterocycles. The molecule has 1 aromatic rings. The number of carbonyl (C=O) groups excluding carboxylic acids is 1. The third-order valence-corrected chi connectivity index (χ3v) is 4.95. The molecule has 1 unspecified atom stereocenters. The van der Waals surface area contributed by atoms with Gasteiger partial charge in [-0.3, -0.25) is 4.79 Å². The molecule has 1 atom stereocenters. The quantitative estimate of drug-likeness (QED) is 0.844. The van der Waals surface area contributed by atoms with Crippen molar-refractivity contribution in [3.05, 3.63) is 16.0 Å². The molecule has 0 bridgehead atoms. The Bertz CT molecular complexity index is 478. The maximum Gasteiger partial charge on any atom is 0.257 e. The van der Waals surface area contributed by atoms with Crippen molar-refractivity contribution in [3.8, 4) is 0 Å². The van der Waals surface area contributed by atoms with Crippen molar-refractivity contribution in [1.29, 1.82) is 0 Å². The predicted octanol–water partition coefficient (Wildman–Crippen LogP) is 1.85. The third-order valence-electron chi connectivity index (χ3n) is 3.86. The van der Waals surface area contributed by atoms with E-state index >= 15 is 0 Å². The van der Waals surface area contributed by atoms with Crippen molar-refractivity contribution in [2.45, 2.75) is 25.7 Å². The Labute approximate surface area is 111 Å². The zero-order valence-electron chi connectivity index (χ0n) is 10.6. The number of anilines is 1. The Hall–Kier alpha value is -1.07. The summed E-state index contributed by atoms with van der Waals surface area (Å²) in [4.78, 5) is 15.8. The molecule has 3 rings (SSSR count).